The molecule has 1 atom stereocenters. The lowest BCUT2D eigenvalue weighted by Crippen LogP contribution is -2.29. The predicted octanol–water partition coefficient (Wildman–Crippen LogP) is 3.79. The average Bonchev–Trinajstić information content (AvgIpc) is 2.96. The van der Waals surface area contributed by atoms with E-state index in [0.29, 0.717) is 30.3 Å². The second-order valence-electron chi connectivity index (χ2n) is 6.15. The summed E-state index contributed by atoms with van der Waals surface area (Å²) in [7, 11) is 3.24. The van der Waals surface area contributed by atoms with Crippen molar-refractivity contribution in [3.05, 3.63) is 53.6 Å². The van der Waals surface area contributed by atoms with Crippen molar-refractivity contribution in [3.8, 4) is 11.5 Å². The van der Waals surface area contributed by atoms with Gasteiger partial charge in [0, 0.05) is 24.6 Å². The van der Waals surface area contributed by atoms with E-state index in [1.54, 1.807) is 14.2 Å². The highest BCUT2D eigenvalue weighted by molar-refractivity contribution is 5.96. The van der Waals surface area contributed by atoms with E-state index in [-0.39, 0.29) is 5.91 Å². The van der Waals surface area contributed by atoms with E-state index in [9.17, 15) is 4.79 Å². The minimum Gasteiger partial charge on any atom is -0.493 e. The van der Waals surface area contributed by atoms with Crippen LogP contribution in [0.15, 0.2) is 42.5 Å². The van der Waals surface area contributed by atoms with E-state index < -0.39 is 0 Å². The molecule has 0 saturated heterocycles. The molecule has 0 fully saturated rings. The number of carbonyl (C=O) groups excluding carboxylic acids is 1. The minimum atomic E-state index is 0.168. The summed E-state index contributed by atoms with van der Waals surface area (Å²) in [5.41, 5.74) is 3.39. The highest BCUT2D eigenvalue weighted by atomic mass is 16.5. The van der Waals surface area contributed by atoms with Crippen molar-refractivity contribution >= 4 is 11.6 Å². The summed E-state index contributed by atoms with van der Waals surface area (Å²) < 4.78 is 10.6. The number of hydrogen-bond acceptors (Lipinski definition) is 3. The molecule has 0 saturated carbocycles. The Morgan fingerprint density at radius 2 is 1.88 bits per heavy atom. The summed E-state index contributed by atoms with van der Waals surface area (Å²) in [5, 5.41) is 0. The average molecular weight is 325 g/mol. The molecule has 2 aromatic rings. The number of carbonyl (C=O) groups is 1. The molecule has 0 spiro atoms. The molecule has 1 aliphatic rings. The molecule has 126 valence electrons. The Kier molecular flexibility index (Phi) is 4.74. The Morgan fingerprint density at radius 1 is 1.12 bits per heavy atom. The zero-order valence-corrected chi connectivity index (χ0v) is 14.4. The fraction of sp³-hybridized carbons (Fsp3) is 0.350. The highest BCUT2D eigenvalue weighted by Crippen LogP contribution is 2.36. The summed E-state index contributed by atoms with van der Waals surface area (Å²) in [6.45, 7) is 2.94. The molecule has 24 heavy (non-hydrogen) atoms. The smallest absolute Gasteiger partial charge is 0.227 e. The van der Waals surface area contributed by atoms with Crippen LogP contribution < -0.4 is 14.4 Å². The van der Waals surface area contributed by atoms with Gasteiger partial charge in [0.2, 0.25) is 5.91 Å². The molecule has 0 radical (unpaired) electrons. The van der Waals surface area contributed by atoms with Crippen LogP contribution in [0.2, 0.25) is 0 Å². The second-order valence-corrected chi connectivity index (χ2v) is 6.15. The van der Waals surface area contributed by atoms with Gasteiger partial charge < -0.3 is 14.4 Å². The molecule has 0 bridgehead atoms. The van der Waals surface area contributed by atoms with Gasteiger partial charge in [0.25, 0.3) is 0 Å². The van der Waals surface area contributed by atoms with Gasteiger partial charge in [-0.1, -0.05) is 31.2 Å². The molecule has 1 unspecified atom stereocenters. The van der Waals surface area contributed by atoms with Gasteiger partial charge in [0.1, 0.15) is 0 Å². The van der Waals surface area contributed by atoms with Crippen LogP contribution in [0.1, 0.15) is 30.4 Å². The van der Waals surface area contributed by atoms with Gasteiger partial charge in [-0.15, -0.1) is 0 Å². The van der Waals surface area contributed by atoms with Gasteiger partial charge in [0.05, 0.1) is 14.2 Å². The number of benzene rings is 2. The second kappa shape index (κ2) is 6.95. The number of methoxy groups -OCH3 is 2. The fourth-order valence-corrected chi connectivity index (χ4v) is 3.28. The number of para-hydroxylation sites is 1. The van der Waals surface area contributed by atoms with Crippen molar-refractivity contribution in [2.45, 2.75) is 25.7 Å². The van der Waals surface area contributed by atoms with Crippen LogP contribution in [0, 0.1) is 0 Å². The third kappa shape index (κ3) is 3.09. The molecule has 4 heteroatoms. The molecule has 1 amide bonds. The number of rotatable bonds is 5. The third-order valence-corrected chi connectivity index (χ3v) is 4.59. The highest BCUT2D eigenvalue weighted by Gasteiger charge is 2.28. The SMILES string of the molecule is COc1ccc(CCC(=O)N2CC(C)c3ccccc32)cc1OC. The first-order valence-electron chi connectivity index (χ1n) is 8.24. The Balaban J connectivity index is 1.69. The van der Waals surface area contributed by atoms with Gasteiger partial charge in [-0.25, -0.2) is 0 Å². The Bertz CT molecular complexity index is 741. The normalized spacial score (nSPS) is 16.0. The lowest BCUT2D eigenvalue weighted by Gasteiger charge is -2.18. The molecular formula is C20H23NO3. The molecule has 0 aromatic heterocycles. The maximum absolute atomic E-state index is 12.7. The summed E-state index contributed by atoms with van der Waals surface area (Å²) in [4.78, 5) is 14.6. The van der Waals surface area contributed by atoms with Crippen LogP contribution in [0.25, 0.3) is 0 Å². The molecule has 1 aliphatic heterocycles. The minimum absolute atomic E-state index is 0.168. The molecule has 4 nitrogen and oxygen atoms in total. The summed E-state index contributed by atoms with van der Waals surface area (Å²) in [6.07, 6.45) is 1.17. The number of ether oxygens (including phenoxy) is 2. The molecular weight excluding hydrogens is 302 g/mol. The van der Waals surface area contributed by atoms with Gasteiger partial charge in [-0.05, 0) is 35.7 Å². The Morgan fingerprint density at radius 3 is 2.62 bits per heavy atom. The van der Waals surface area contributed by atoms with E-state index in [2.05, 4.69) is 13.0 Å². The van der Waals surface area contributed by atoms with Crippen molar-refractivity contribution in [1.82, 2.24) is 0 Å². The molecule has 3 rings (SSSR count). The maximum Gasteiger partial charge on any atom is 0.227 e. The number of nitrogens with zero attached hydrogens (tertiary/aromatic N) is 1. The zero-order chi connectivity index (χ0) is 17.1. The Hall–Kier alpha value is -2.49. The summed E-state index contributed by atoms with van der Waals surface area (Å²) in [5.74, 6) is 1.96. The van der Waals surface area contributed by atoms with Gasteiger partial charge in [-0.2, -0.15) is 0 Å². The van der Waals surface area contributed by atoms with Crippen LogP contribution >= 0.6 is 0 Å². The van der Waals surface area contributed by atoms with Crippen LogP contribution in [-0.2, 0) is 11.2 Å². The van der Waals surface area contributed by atoms with Crippen LogP contribution in [0.5, 0.6) is 11.5 Å². The van der Waals surface area contributed by atoms with Gasteiger partial charge in [0.15, 0.2) is 11.5 Å². The number of hydrogen-bond donors (Lipinski definition) is 0. The maximum atomic E-state index is 12.7. The third-order valence-electron chi connectivity index (χ3n) is 4.59. The van der Waals surface area contributed by atoms with E-state index >= 15 is 0 Å². The molecule has 0 aliphatic carbocycles. The first kappa shape index (κ1) is 16.4. The molecule has 0 N–H and O–H groups in total. The van der Waals surface area contributed by atoms with E-state index in [4.69, 9.17) is 9.47 Å². The number of amides is 1. The van der Waals surface area contributed by atoms with Crippen LogP contribution in [-0.4, -0.2) is 26.7 Å². The van der Waals surface area contributed by atoms with E-state index in [1.165, 1.54) is 5.56 Å². The zero-order valence-electron chi connectivity index (χ0n) is 14.4. The summed E-state index contributed by atoms with van der Waals surface area (Å²) >= 11 is 0. The lowest BCUT2D eigenvalue weighted by molar-refractivity contribution is -0.118. The standard InChI is InChI=1S/C20H23NO3/c1-14-13-21(17-7-5-4-6-16(14)17)20(22)11-9-15-8-10-18(23-2)19(12-15)24-3/h4-8,10,12,14H,9,11,13H2,1-3H3. The van der Waals surface area contributed by atoms with Crippen LogP contribution in [0.3, 0.4) is 0 Å². The number of anilines is 1. The van der Waals surface area contributed by atoms with Crippen molar-refractivity contribution in [2.24, 2.45) is 0 Å². The molecule has 1 heterocycles. The molecule has 2 aromatic carbocycles. The summed E-state index contributed by atoms with van der Waals surface area (Å²) in [6, 6.07) is 14.0. The number of aryl methyl sites for hydroxylation is 1. The van der Waals surface area contributed by atoms with Crippen molar-refractivity contribution in [2.75, 3.05) is 25.7 Å². The fourth-order valence-electron chi connectivity index (χ4n) is 3.28. The van der Waals surface area contributed by atoms with Gasteiger partial charge in [-0.3, -0.25) is 4.79 Å². The van der Waals surface area contributed by atoms with Crippen molar-refractivity contribution < 1.29 is 14.3 Å². The predicted molar refractivity (Wildman–Crippen MR) is 95.1 cm³/mol. The number of fused-ring (bicyclic) bond motifs is 1. The van der Waals surface area contributed by atoms with E-state index in [1.807, 2.05) is 41.3 Å². The Labute approximate surface area is 143 Å². The van der Waals surface area contributed by atoms with E-state index in [0.717, 1.165) is 17.8 Å². The monoisotopic (exact) mass is 325 g/mol. The first-order valence-corrected chi connectivity index (χ1v) is 8.24. The van der Waals surface area contributed by atoms with Crippen molar-refractivity contribution in [1.29, 1.82) is 0 Å². The lowest BCUT2D eigenvalue weighted by atomic mass is 10.0. The first-order chi connectivity index (χ1) is 11.6. The van der Waals surface area contributed by atoms with Crippen LogP contribution in [0.4, 0.5) is 5.69 Å². The largest absolute Gasteiger partial charge is 0.493 e. The van der Waals surface area contributed by atoms with Gasteiger partial charge >= 0.3 is 0 Å². The van der Waals surface area contributed by atoms with Crippen molar-refractivity contribution in [3.63, 3.8) is 0 Å². The quantitative estimate of drug-likeness (QED) is 0.839. The topological polar surface area (TPSA) is 38.8 Å².